The zero-order valence-electron chi connectivity index (χ0n) is 9.81. The number of nitrogens with one attached hydrogen (secondary N) is 1. The van der Waals surface area contributed by atoms with Crippen molar-refractivity contribution >= 4 is 11.2 Å². The highest BCUT2D eigenvalue weighted by Crippen LogP contribution is 2.20. The summed E-state index contributed by atoms with van der Waals surface area (Å²) in [6.07, 6.45) is 8.43. The molecule has 0 aliphatic heterocycles. The van der Waals surface area contributed by atoms with Gasteiger partial charge in [-0.2, -0.15) is 5.10 Å². The zero-order chi connectivity index (χ0) is 11.8. The van der Waals surface area contributed by atoms with Crippen molar-refractivity contribution in [3.05, 3.63) is 30.4 Å². The Balaban J connectivity index is 2.18. The Hall–Kier alpha value is -2.17. The van der Waals surface area contributed by atoms with Crippen molar-refractivity contribution in [3.8, 4) is 11.3 Å². The van der Waals surface area contributed by atoms with Crippen LogP contribution in [-0.2, 0) is 13.5 Å². The summed E-state index contributed by atoms with van der Waals surface area (Å²) >= 11 is 0. The van der Waals surface area contributed by atoms with Gasteiger partial charge in [0, 0.05) is 25.0 Å². The number of rotatable bonds is 2. The molecular weight excluding hydrogens is 214 g/mol. The molecule has 0 saturated heterocycles. The molecule has 3 rings (SSSR count). The molecule has 0 bridgehead atoms. The minimum atomic E-state index is 0.842. The summed E-state index contributed by atoms with van der Waals surface area (Å²) in [5.41, 5.74) is 4.84. The van der Waals surface area contributed by atoms with Crippen LogP contribution in [0.1, 0.15) is 12.5 Å². The van der Waals surface area contributed by atoms with Gasteiger partial charge in [-0.3, -0.25) is 4.68 Å². The summed E-state index contributed by atoms with van der Waals surface area (Å²) in [5.74, 6) is 0. The Morgan fingerprint density at radius 2 is 2.24 bits per heavy atom. The molecule has 0 spiro atoms. The maximum Gasteiger partial charge on any atom is 0.156 e. The first kappa shape index (κ1) is 10.0. The van der Waals surface area contributed by atoms with Gasteiger partial charge in [0.05, 0.1) is 18.1 Å². The van der Waals surface area contributed by atoms with Gasteiger partial charge >= 0.3 is 0 Å². The minimum absolute atomic E-state index is 0.842. The smallest absolute Gasteiger partial charge is 0.156 e. The van der Waals surface area contributed by atoms with E-state index in [0.29, 0.717) is 0 Å². The average molecular weight is 227 g/mol. The summed E-state index contributed by atoms with van der Waals surface area (Å²) in [6.45, 7) is 2.11. The van der Waals surface area contributed by atoms with E-state index in [-0.39, 0.29) is 0 Å². The molecule has 5 nitrogen and oxygen atoms in total. The SMILES string of the molecule is CCc1c[nH]c2ncc(-c3cnn(C)c3)nc12. The third kappa shape index (κ3) is 1.60. The van der Waals surface area contributed by atoms with Crippen molar-refractivity contribution in [2.45, 2.75) is 13.3 Å². The van der Waals surface area contributed by atoms with Crippen molar-refractivity contribution in [3.63, 3.8) is 0 Å². The van der Waals surface area contributed by atoms with E-state index in [2.05, 4.69) is 27.0 Å². The van der Waals surface area contributed by atoms with Crippen LogP contribution < -0.4 is 0 Å². The maximum atomic E-state index is 4.64. The Morgan fingerprint density at radius 1 is 1.35 bits per heavy atom. The normalized spacial score (nSPS) is 11.2. The van der Waals surface area contributed by atoms with E-state index in [9.17, 15) is 0 Å². The third-order valence-corrected chi connectivity index (χ3v) is 2.84. The average Bonchev–Trinajstić information content (AvgIpc) is 2.94. The monoisotopic (exact) mass is 227 g/mol. The number of fused-ring (bicyclic) bond motifs is 1. The molecule has 0 unspecified atom stereocenters. The Bertz CT molecular complexity index is 664. The van der Waals surface area contributed by atoms with Crippen LogP contribution in [0.4, 0.5) is 0 Å². The fourth-order valence-corrected chi connectivity index (χ4v) is 1.90. The zero-order valence-corrected chi connectivity index (χ0v) is 9.81. The molecule has 5 heteroatoms. The molecule has 0 atom stereocenters. The highest BCUT2D eigenvalue weighted by molar-refractivity contribution is 5.77. The molecule has 3 heterocycles. The van der Waals surface area contributed by atoms with E-state index in [1.165, 1.54) is 5.56 Å². The summed E-state index contributed by atoms with van der Waals surface area (Å²) in [6, 6.07) is 0. The second-order valence-corrected chi connectivity index (χ2v) is 4.02. The number of H-pyrrole nitrogens is 1. The van der Waals surface area contributed by atoms with Gasteiger partial charge in [0.15, 0.2) is 5.65 Å². The predicted octanol–water partition coefficient (Wildman–Crippen LogP) is 1.92. The Labute approximate surface area is 98.5 Å². The molecular formula is C12H13N5. The van der Waals surface area contributed by atoms with Gasteiger partial charge in [-0.1, -0.05) is 6.92 Å². The van der Waals surface area contributed by atoms with E-state index in [1.807, 2.05) is 19.4 Å². The molecule has 0 fully saturated rings. The molecule has 86 valence electrons. The fourth-order valence-electron chi connectivity index (χ4n) is 1.90. The first-order valence-corrected chi connectivity index (χ1v) is 5.60. The van der Waals surface area contributed by atoms with Crippen LogP contribution in [0.3, 0.4) is 0 Å². The van der Waals surface area contributed by atoms with Gasteiger partial charge in [0.1, 0.15) is 5.52 Å². The topological polar surface area (TPSA) is 59.4 Å². The Morgan fingerprint density at radius 3 is 2.94 bits per heavy atom. The molecule has 3 aromatic rings. The van der Waals surface area contributed by atoms with Crippen LogP contribution >= 0.6 is 0 Å². The number of aromatic amines is 1. The van der Waals surface area contributed by atoms with Gasteiger partial charge in [-0.05, 0) is 12.0 Å². The van der Waals surface area contributed by atoms with E-state index in [0.717, 1.165) is 28.8 Å². The van der Waals surface area contributed by atoms with Crippen LogP contribution in [0.15, 0.2) is 24.8 Å². The number of nitrogens with zero attached hydrogens (tertiary/aromatic N) is 4. The van der Waals surface area contributed by atoms with Crippen LogP contribution in [0, 0.1) is 0 Å². The number of aromatic nitrogens is 5. The van der Waals surface area contributed by atoms with Gasteiger partial charge in [0.25, 0.3) is 0 Å². The van der Waals surface area contributed by atoms with Crippen LogP contribution in [0.25, 0.3) is 22.4 Å². The second kappa shape index (κ2) is 3.69. The maximum absolute atomic E-state index is 4.64. The lowest BCUT2D eigenvalue weighted by atomic mass is 10.2. The molecule has 1 N–H and O–H groups in total. The van der Waals surface area contributed by atoms with E-state index >= 15 is 0 Å². The molecule has 0 amide bonds. The van der Waals surface area contributed by atoms with Crippen LogP contribution in [0.5, 0.6) is 0 Å². The standard InChI is InChI=1S/C12H13N5/c1-3-8-4-13-12-11(8)16-10(6-14-12)9-5-15-17(2)7-9/h4-7H,3H2,1-2H3,(H,13,14). The van der Waals surface area contributed by atoms with Crippen molar-refractivity contribution < 1.29 is 0 Å². The van der Waals surface area contributed by atoms with Crippen molar-refractivity contribution in [2.75, 3.05) is 0 Å². The molecule has 0 radical (unpaired) electrons. The molecule has 17 heavy (non-hydrogen) atoms. The van der Waals surface area contributed by atoms with Gasteiger partial charge < -0.3 is 4.98 Å². The van der Waals surface area contributed by atoms with Gasteiger partial charge in [-0.25, -0.2) is 9.97 Å². The molecule has 0 saturated carbocycles. The molecule has 3 aromatic heterocycles. The first-order valence-electron chi connectivity index (χ1n) is 5.60. The van der Waals surface area contributed by atoms with Gasteiger partial charge in [0.2, 0.25) is 0 Å². The van der Waals surface area contributed by atoms with Crippen LogP contribution in [0.2, 0.25) is 0 Å². The van der Waals surface area contributed by atoms with Gasteiger partial charge in [-0.15, -0.1) is 0 Å². The lowest BCUT2D eigenvalue weighted by Gasteiger charge is -1.97. The Kier molecular flexibility index (Phi) is 2.18. The quantitative estimate of drug-likeness (QED) is 0.727. The third-order valence-electron chi connectivity index (χ3n) is 2.84. The highest BCUT2D eigenvalue weighted by Gasteiger charge is 2.08. The first-order chi connectivity index (χ1) is 8.28. The van der Waals surface area contributed by atoms with Crippen molar-refractivity contribution in [1.82, 2.24) is 24.7 Å². The fraction of sp³-hybridized carbons (Fsp3) is 0.250. The summed E-state index contributed by atoms with van der Waals surface area (Å²) in [5, 5.41) is 4.14. The summed E-state index contributed by atoms with van der Waals surface area (Å²) in [4.78, 5) is 12.2. The van der Waals surface area contributed by atoms with E-state index < -0.39 is 0 Å². The lowest BCUT2D eigenvalue weighted by molar-refractivity contribution is 0.768. The number of hydrogen-bond donors (Lipinski definition) is 1. The molecule has 0 aliphatic rings. The minimum Gasteiger partial charge on any atom is -0.345 e. The number of aryl methyl sites for hydroxylation is 2. The predicted molar refractivity (Wildman–Crippen MR) is 65.5 cm³/mol. The number of hydrogen-bond acceptors (Lipinski definition) is 3. The summed E-state index contributed by atoms with van der Waals surface area (Å²) in [7, 11) is 1.89. The molecule has 0 aromatic carbocycles. The van der Waals surface area contributed by atoms with Crippen molar-refractivity contribution in [2.24, 2.45) is 7.05 Å². The second-order valence-electron chi connectivity index (χ2n) is 4.02. The lowest BCUT2D eigenvalue weighted by Crippen LogP contribution is -1.88. The van der Waals surface area contributed by atoms with Crippen LogP contribution in [-0.4, -0.2) is 24.7 Å². The van der Waals surface area contributed by atoms with E-state index in [1.54, 1.807) is 17.1 Å². The van der Waals surface area contributed by atoms with Crippen molar-refractivity contribution in [1.29, 1.82) is 0 Å². The van der Waals surface area contributed by atoms with E-state index in [4.69, 9.17) is 0 Å². The highest BCUT2D eigenvalue weighted by atomic mass is 15.2. The molecule has 0 aliphatic carbocycles. The largest absolute Gasteiger partial charge is 0.345 e. The summed E-state index contributed by atoms with van der Waals surface area (Å²) < 4.78 is 1.76.